The van der Waals surface area contributed by atoms with E-state index in [0.29, 0.717) is 16.7 Å². The third-order valence-electron chi connectivity index (χ3n) is 1.93. The van der Waals surface area contributed by atoms with Gasteiger partial charge in [-0.25, -0.2) is 4.39 Å². The molecule has 0 bridgehead atoms. The minimum Gasteiger partial charge on any atom is -0.472 e. The van der Waals surface area contributed by atoms with Crippen molar-refractivity contribution in [2.75, 3.05) is 0 Å². The van der Waals surface area contributed by atoms with E-state index in [0.717, 1.165) is 0 Å². The van der Waals surface area contributed by atoms with E-state index in [1.807, 2.05) is 6.07 Å². The fraction of sp³-hybridized carbons (Fsp3) is 0. The van der Waals surface area contributed by atoms with E-state index in [-0.39, 0.29) is 5.82 Å². The van der Waals surface area contributed by atoms with E-state index in [4.69, 9.17) is 9.68 Å². The van der Waals surface area contributed by atoms with Crippen LogP contribution in [0.15, 0.2) is 41.2 Å². The Labute approximate surface area is 80.2 Å². The normalized spacial score (nSPS) is 9.71. The molecule has 0 unspecified atom stereocenters. The van der Waals surface area contributed by atoms with Crippen LogP contribution in [0.5, 0.6) is 0 Å². The summed E-state index contributed by atoms with van der Waals surface area (Å²) in [6.07, 6.45) is 2.97. The molecule has 0 aliphatic heterocycles. The van der Waals surface area contributed by atoms with Crippen LogP contribution in [0.2, 0.25) is 0 Å². The molecule has 0 N–H and O–H groups in total. The first-order valence-corrected chi connectivity index (χ1v) is 4.03. The van der Waals surface area contributed by atoms with Crippen molar-refractivity contribution in [3.63, 3.8) is 0 Å². The highest BCUT2D eigenvalue weighted by Gasteiger charge is 2.06. The van der Waals surface area contributed by atoms with Crippen LogP contribution in [-0.4, -0.2) is 0 Å². The van der Waals surface area contributed by atoms with Gasteiger partial charge in [0.25, 0.3) is 0 Å². The third-order valence-corrected chi connectivity index (χ3v) is 1.93. The molecule has 2 nitrogen and oxygen atoms in total. The van der Waals surface area contributed by atoms with E-state index in [2.05, 4.69) is 0 Å². The number of furan rings is 1. The molecule has 1 aromatic carbocycles. The maximum atomic E-state index is 12.9. The first kappa shape index (κ1) is 8.52. The molecule has 0 aliphatic rings. The van der Waals surface area contributed by atoms with Crippen LogP contribution in [0.3, 0.4) is 0 Å². The summed E-state index contributed by atoms with van der Waals surface area (Å²) in [6.45, 7) is 0. The van der Waals surface area contributed by atoms with Crippen molar-refractivity contribution in [1.82, 2.24) is 0 Å². The molecule has 0 spiro atoms. The molecular weight excluding hydrogens is 181 g/mol. The van der Waals surface area contributed by atoms with Crippen molar-refractivity contribution in [2.45, 2.75) is 0 Å². The lowest BCUT2D eigenvalue weighted by molar-refractivity contribution is 0.568. The van der Waals surface area contributed by atoms with Gasteiger partial charge >= 0.3 is 0 Å². The molecule has 14 heavy (non-hydrogen) atoms. The molecule has 0 aliphatic carbocycles. The fourth-order valence-corrected chi connectivity index (χ4v) is 1.27. The maximum Gasteiger partial charge on any atom is 0.123 e. The van der Waals surface area contributed by atoms with Gasteiger partial charge in [0, 0.05) is 11.1 Å². The number of hydrogen-bond donors (Lipinski definition) is 0. The molecule has 1 heterocycles. The van der Waals surface area contributed by atoms with Gasteiger partial charge in [-0.1, -0.05) is 0 Å². The summed E-state index contributed by atoms with van der Waals surface area (Å²) < 4.78 is 17.8. The number of nitriles is 1. The van der Waals surface area contributed by atoms with Crippen LogP contribution >= 0.6 is 0 Å². The molecule has 0 saturated heterocycles. The van der Waals surface area contributed by atoms with Crippen molar-refractivity contribution < 1.29 is 8.81 Å². The molecule has 3 heteroatoms. The molecule has 1 aromatic heterocycles. The lowest BCUT2D eigenvalue weighted by atomic mass is 10.0. The van der Waals surface area contributed by atoms with E-state index < -0.39 is 0 Å². The SMILES string of the molecule is N#Cc1ccc(F)cc1-c1ccoc1. The average molecular weight is 187 g/mol. The van der Waals surface area contributed by atoms with E-state index in [1.54, 1.807) is 6.07 Å². The average Bonchev–Trinajstić information content (AvgIpc) is 2.70. The summed E-state index contributed by atoms with van der Waals surface area (Å²) >= 11 is 0. The van der Waals surface area contributed by atoms with Crippen LogP contribution < -0.4 is 0 Å². The van der Waals surface area contributed by atoms with Gasteiger partial charge in [0.2, 0.25) is 0 Å². The number of hydrogen-bond acceptors (Lipinski definition) is 2. The van der Waals surface area contributed by atoms with Gasteiger partial charge < -0.3 is 4.42 Å². The zero-order valence-corrected chi connectivity index (χ0v) is 7.20. The fourth-order valence-electron chi connectivity index (χ4n) is 1.27. The molecule has 0 radical (unpaired) electrons. The van der Waals surface area contributed by atoms with Gasteiger partial charge in [0.05, 0.1) is 24.2 Å². The smallest absolute Gasteiger partial charge is 0.123 e. The van der Waals surface area contributed by atoms with Gasteiger partial charge in [-0.15, -0.1) is 0 Å². The highest BCUT2D eigenvalue weighted by atomic mass is 19.1. The second kappa shape index (κ2) is 3.35. The summed E-state index contributed by atoms with van der Waals surface area (Å²) in [5, 5.41) is 8.81. The van der Waals surface area contributed by atoms with Gasteiger partial charge in [0.1, 0.15) is 5.82 Å². The van der Waals surface area contributed by atoms with Crippen LogP contribution in [0.4, 0.5) is 4.39 Å². The predicted octanol–water partition coefficient (Wildman–Crippen LogP) is 2.96. The van der Waals surface area contributed by atoms with E-state index in [1.165, 1.54) is 30.7 Å². The minimum atomic E-state index is -0.361. The van der Waals surface area contributed by atoms with E-state index in [9.17, 15) is 4.39 Å². The van der Waals surface area contributed by atoms with E-state index >= 15 is 0 Å². The Morgan fingerprint density at radius 2 is 2.14 bits per heavy atom. The van der Waals surface area contributed by atoms with Gasteiger partial charge in [-0.05, 0) is 24.3 Å². The Kier molecular flexibility index (Phi) is 2.04. The monoisotopic (exact) mass is 187 g/mol. The topological polar surface area (TPSA) is 36.9 Å². The quantitative estimate of drug-likeness (QED) is 0.688. The first-order valence-electron chi connectivity index (χ1n) is 4.03. The second-order valence-electron chi connectivity index (χ2n) is 2.81. The van der Waals surface area contributed by atoms with Crippen LogP contribution in [0.25, 0.3) is 11.1 Å². The summed E-state index contributed by atoms with van der Waals surface area (Å²) in [5.41, 5.74) is 1.70. The Morgan fingerprint density at radius 3 is 2.79 bits per heavy atom. The maximum absolute atomic E-state index is 12.9. The highest BCUT2D eigenvalue weighted by molar-refractivity contribution is 5.69. The van der Waals surface area contributed by atoms with Crippen LogP contribution in [0.1, 0.15) is 5.56 Å². The number of rotatable bonds is 1. The van der Waals surface area contributed by atoms with Crippen molar-refractivity contribution in [2.24, 2.45) is 0 Å². The van der Waals surface area contributed by atoms with Gasteiger partial charge in [-0.2, -0.15) is 5.26 Å². The molecule has 2 aromatic rings. The largest absolute Gasteiger partial charge is 0.472 e. The molecule has 2 rings (SSSR count). The highest BCUT2D eigenvalue weighted by Crippen LogP contribution is 2.24. The lowest BCUT2D eigenvalue weighted by Crippen LogP contribution is -1.84. The lowest BCUT2D eigenvalue weighted by Gasteiger charge is -1.99. The van der Waals surface area contributed by atoms with Gasteiger partial charge in [-0.3, -0.25) is 0 Å². The number of halogens is 1. The first-order chi connectivity index (χ1) is 6.81. The summed E-state index contributed by atoms with van der Waals surface area (Å²) in [7, 11) is 0. The molecule has 0 amide bonds. The molecule has 0 fully saturated rings. The van der Waals surface area contributed by atoms with Crippen molar-refractivity contribution >= 4 is 0 Å². The summed E-state index contributed by atoms with van der Waals surface area (Å²) in [4.78, 5) is 0. The molecular formula is C11H6FNO. The van der Waals surface area contributed by atoms with Crippen molar-refractivity contribution in [1.29, 1.82) is 5.26 Å². The molecule has 0 atom stereocenters. The Hall–Kier alpha value is -2.08. The summed E-state index contributed by atoms with van der Waals surface area (Å²) in [5.74, 6) is -0.361. The standard InChI is InChI=1S/C11H6FNO/c12-10-2-1-8(6-13)11(5-10)9-3-4-14-7-9/h1-5,7H. The number of nitrogens with zero attached hydrogens (tertiary/aromatic N) is 1. The zero-order chi connectivity index (χ0) is 9.97. The van der Waals surface area contributed by atoms with Crippen LogP contribution in [0, 0.1) is 17.1 Å². The van der Waals surface area contributed by atoms with Crippen LogP contribution in [-0.2, 0) is 0 Å². The predicted molar refractivity (Wildman–Crippen MR) is 48.8 cm³/mol. The number of benzene rings is 1. The van der Waals surface area contributed by atoms with Gasteiger partial charge in [0.15, 0.2) is 0 Å². The van der Waals surface area contributed by atoms with Crippen molar-refractivity contribution in [3.8, 4) is 17.2 Å². The molecule has 0 saturated carbocycles. The Morgan fingerprint density at radius 1 is 1.29 bits per heavy atom. The zero-order valence-electron chi connectivity index (χ0n) is 7.20. The Balaban J connectivity index is 2.63. The minimum absolute atomic E-state index is 0.361. The molecule has 68 valence electrons. The third kappa shape index (κ3) is 1.38. The second-order valence-corrected chi connectivity index (χ2v) is 2.81. The Bertz CT molecular complexity index is 482. The van der Waals surface area contributed by atoms with Crippen molar-refractivity contribution in [3.05, 3.63) is 48.2 Å². The summed E-state index contributed by atoms with van der Waals surface area (Å²) in [6, 6.07) is 7.74.